The van der Waals surface area contributed by atoms with Gasteiger partial charge in [-0.1, -0.05) is 0 Å². The average molecular weight is 135 g/mol. The first-order chi connectivity index (χ1) is 2.00. The molecule has 0 spiro atoms. The topological polar surface area (TPSA) is 83.2 Å². The Kier molecular flexibility index (Phi) is 6.12. The Morgan fingerprint density at radius 1 is 1.50 bits per heavy atom. The van der Waals surface area contributed by atoms with E-state index in [0.717, 1.165) is 0 Å². The monoisotopic (exact) mass is 135 g/mol. The Hall–Kier alpha value is 1.51. The molecule has 2 N–H and O–H groups in total. The van der Waals surface area contributed by atoms with Crippen LogP contribution in [0.4, 0.5) is 0 Å². The van der Waals surface area contributed by atoms with Crippen molar-refractivity contribution in [3.63, 3.8) is 0 Å². The van der Waals surface area contributed by atoms with Gasteiger partial charge in [0.2, 0.25) is 0 Å². The molecule has 0 aromatic carbocycles. The summed E-state index contributed by atoms with van der Waals surface area (Å²) in [5, 5.41) is 3.77. The van der Waals surface area contributed by atoms with Crippen LogP contribution in [0.2, 0.25) is 0 Å². The van der Waals surface area contributed by atoms with E-state index in [1.54, 1.807) is 0 Å². The molecule has 6 heavy (non-hydrogen) atoms. The summed E-state index contributed by atoms with van der Waals surface area (Å²) >= 11 is 0. The van der Waals surface area contributed by atoms with Crippen LogP contribution in [0.1, 0.15) is 0 Å². The quantitative estimate of drug-likeness (QED) is 0.268. The fourth-order valence-electron chi connectivity index (χ4n) is 0. The molecule has 0 aliphatic heterocycles. The van der Waals surface area contributed by atoms with Crippen molar-refractivity contribution >= 4 is 10.3 Å². The van der Waals surface area contributed by atoms with Gasteiger partial charge in [-0.3, -0.25) is 0 Å². The van der Waals surface area contributed by atoms with E-state index in [1.807, 2.05) is 0 Å². The molecule has 0 fully saturated rings. The van der Waals surface area contributed by atoms with Crippen LogP contribution in [-0.2, 0) is 10.3 Å². The van der Waals surface area contributed by atoms with Crippen molar-refractivity contribution < 1.29 is 64.4 Å². The van der Waals surface area contributed by atoms with E-state index in [1.165, 1.54) is 0 Å². The maximum Gasteiger partial charge on any atom is 1.00 e. The first kappa shape index (κ1) is 10.5. The third-order valence-electron chi connectivity index (χ3n) is 0. The van der Waals surface area contributed by atoms with Gasteiger partial charge >= 0.3 is 51.4 Å². The molecule has 4 nitrogen and oxygen atoms in total. The van der Waals surface area contributed by atoms with Crippen molar-refractivity contribution in [2.24, 2.45) is 5.14 Å². The summed E-state index contributed by atoms with van der Waals surface area (Å²) < 4.78 is 26.6. The molecular weight excluding hydrogens is 133 g/mol. The van der Waals surface area contributed by atoms with Gasteiger partial charge in [0.1, 0.15) is 0 Å². The molecule has 32 valence electrons. The minimum atomic E-state index is -4.42. The molecule has 0 atom stereocenters. The van der Waals surface area contributed by atoms with Crippen LogP contribution in [0.3, 0.4) is 0 Å². The van der Waals surface area contributed by atoms with Crippen molar-refractivity contribution in [2.45, 2.75) is 0 Å². The van der Waals surface area contributed by atoms with E-state index in [4.69, 9.17) is 13.0 Å². The van der Waals surface area contributed by atoms with E-state index < -0.39 is 10.3 Å². The van der Waals surface area contributed by atoms with Gasteiger partial charge in [0.15, 0.2) is 10.3 Å². The van der Waals surface area contributed by atoms with Crippen LogP contribution in [-0.4, -0.2) is 13.0 Å². The van der Waals surface area contributed by atoms with Crippen LogP contribution >= 0.6 is 0 Å². The van der Waals surface area contributed by atoms with Crippen molar-refractivity contribution in [3.8, 4) is 0 Å². The zero-order valence-electron chi connectivity index (χ0n) is 3.21. The van der Waals surface area contributed by atoms with Gasteiger partial charge in [0, 0.05) is 0 Å². The molecule has 0 unspecified atom stereocenters. The van der Waals surface area contributed by atoms with Crippen molar-refractivity contribution in [2.75, 3.05) is 0 Å². The van der Waals surface area contributed by atoms with E-state index in [0.29, 0.717) is 0 Å². The Labute approximate surface area is 78.4 Å². The number of hydrogen-bond acceptors (Lipinski definition) is 3. The molecule has 0 rings (SSSR count). The molecule has 0 amide bonds. The maximum atomic E-state index is 8.85. The second kappa shape index (κ2) is 3.50. The van der Waals surface area contributed by atoms with Gasteiger partial charge in [-0.25, -0.2) is 13.6 Å². The van der Waals surface area contributed by atoms with Gasteiger partial charge < -0.3 is 4.55 Å². The summed E-state index contributed by atoms with van der Waals surface area (Å²) in [7, 11) is -4.42. The SMILES string of the molecule is NS(=O)(=O)[O-].[K+]. The molecule has 0 saturated carbocycles. The second-order valence-electron chi connectivity index (χ2n) is 0.493. The predicted molar refractivity (Wildman–Crippen MR) is 13.9 cm³/mol. The normalized spacial score (nSPS) is 9.67. The molecule has 0 aliphatic carbocycles. The summed E-state index contributed by atoms with van der Waals surface area (Å²) in [5.74, 6) is 0. The molecule has 0 bridgehead atoms. The molecule has 0 aromatic heterocycles. The van der Waals surface area contributed by atoms with E-state index in [-0.39, 0.29) is 51.4 Å². The fourth-order valence-corrected chi connectivity index (χ4v) is 0. The minimum Gasteiger partial charge on any atom is -0.736 e. The summed E-state index contributed by atoms with van der Waals surface area (Å²) in [5.41, 5.74) is 0. The summed E-state index contributed by atoms with van der Waals surface area (Å²) in [6, 6.07) is 0. The third-order valence-corrected chi connectivity index (χ3v) is 0. The van der Waals surface area contributed by atoms with Crippen molar-refractivity contribution in [1.29, 1.82) is 0 Å². The summed E-state index contributed by atoms with van der Waals surface area (Å²) in [6.07, 6.45) is 0. The first-order valence-electron chi connectivity index (χ1n) is 0.736. The number of hydrogen-bond donors (Lipinski definition) is 1. The predicted octanol–water partition coefficient (Wildman–Crippen LogP) is -4.59. The largest absolute Gasteiger partial charge is 1.00 e. The molecule has 0 heterocycles. The standard InChI is InChI=1S/K.H3NO3S/c;1-5(2,3)4/h;(H3,1,2,3,4)/q+1;/p-1. The van der Waals surface area contributed by atoms with Crippen LogP contribution in [0.25, 0.3) is 0 Å². The van der Waals surface area contributed by atoms with Gasteiger partial charge in [0.25, 0.3) is 0 Å². The van der Waals surface area contributed by atoms with Crippen LogP contribution in [0.5, 0.6) is 0 Å². The van der Waals surface area contributed by atoms with Gasteiger partial charge in [0.05, 0.1) is 0 Å². The average Bonchev–Trinajstić information content (AvgIpc) is 0.722. The van der Waals surface area contributed by atoms with E-state index in [9.17, 15) is 0 Å². The van der Waals surface area contributed by atoms with E-state index in [2.05, 4.69) is 5.14 Å². The molecule has 0 aliphatic rings. The minimum absolute atomic E-state index is 0. The Morgan fingerprint density at radius 3 is 1.50 bits per heavy atom. The zero-order chi connectivity index (χ0) is 4.50. The zero-order valence-corrected chi connectivity index (χ0v) is 7.15. The van der Waals surface area contributed by atoms with Crippen LogP contribution in [0, 0.1) is 0 Å². The van der Waals surface area contributed by atoms with Gasteiger partial charge in [-0.2, -0.15) is 0 Å². The number of rotatable bonds is 0. The smallest absolute Gasteiger partial charge is 0.736 e. The summed E-state index contributed by atoms with van der Waals surface area (Å²) in [4.78, 5) is 0. The van der Waals surface area contributed by atoms with Gasteiger partial charge in [-0.15, -0.1) is 0 Å². The molecule has 6 heteroatoms. The van der Waals surface area contributed by atoms with Crippen LogP contribution in [0.15, 0.2) is 0 Å². The summed E-state index contributed by atoms with van der Waals surface area (Å²) in [6.45, 7) is 0. The Bertz CT molecular complexity index is 94.0. The number of nitrogens with two attached hydrogens (primary N) is 1. The Balaban J connectivity index is 0. The van der Waals surface area contributed by atoms with Gasteiger partial charge in [-0.05, 0) is 0 Å². The molecule has 0 aromatic rings. The molecule has 0 radical (unpaired) electrons. The first-order valence-corrected chi connectivity index (χ1v) is 2.21. The third kappa shape index (κ3) is 49.3. The Morgan fingerprint density at radius 2 is 1.50 bits per heavy atom. The molecule has 0 saturated heterocycles. The van der Waals surface area contributed by atoms with Crippen molar-refractivity contribution in [3.05, 3.63) is 0 Å². The molecular formula is H2KNO3S. The second-order valence-corrected chi connectivity index (χ2v) is 1.48. The van der Waals surface area contributed by atoms with Crippen molar-refractivity contribution in [1.82, 2.24) is 0 Å². The van der Waals surface area contributed by atoms with E-state index >= 15 is 0 Å². The fraction of sp³-hybridized carbons (Fsp3) is 0. The maximum absolute atomic E-state index is 8.85. The van der Waals surface area contributed by atoms with Crippen LogP contribution < -0.4 is 56.5 Å².